The topological polar surface area (TPSA) is 3.24 Å². The van der Waals surface area contributed by atoms with E-state index in [0.717, 1.165) is 11.8 Å². The van der Waals surface area contributed by atoms with E-state index in [1.54, 1.807) is 0 Å². The molecule has 13 heavy (non-hydrogen) atoms. The van der Waals surface area contributed by atoms with Crippen molar-refractivity contribution in [3.8, 4) is 0 Å². The van der Waals surface area contributed by atoms with Crippen LogP contribution in [0.4, 0.5) is 0 Å². The second kappa shape index (κ2) is 3.61. The average Bonchev–Trinajstić information content (AvgIpc) is 2.25. The van der Waals surface area contributed by atoms with Crippen LogP contribution in [-0.4, -0.2) is 23.0 Å². The van der Waals surface area contributed by atoms with Crippen LogP contribution in [0.5, 0.6) is 0 Å². The standard InChI is InChI=1S/C12H25N/c1-9(2)11-7-12(5,6)13(8-11)10(3)4/h9-11H,7-8H2,1-6H3. The predicted octanol–water partition coefficient (Wildman–Crippen LogP) is 3.15. The van der Waals surface area contributed by atoms with Crippen LogP contribution in [-0.2, 0) is 0 Å². The molecule has 0 aromatic rings. The third-order valence-corrected chi connectivity index (χ3v) is 3.54. The van der Waals surface area contributed by atoms with E-state index in [4.69, 9.17) is 0 Å². The lowest BCUT2D eigenvalue weighted by Gasteiger charge is -2.34. The molecule has 0 N–H and O–H groups in total. The second-order valence-electron chi connectivity index (χ2n) is 5.77. The van der Waals surface area contributed by atoms with Crippen LogP contribution in [0, 0.1) is 11.8 Å². The molecule has 1 heteroatoms. The van der Waals surface area contributed by atoms with Gasteiger partial charge in [0.25, 0.3) is 0 Å². The number of nitrogens with zero attached hydrogens (tertiary/aromatic N) is 1. The van der Waals surface area contributed by atoms with Crippen LogP contribution in [0.25, 0.3) is 0 Å². The van der Waals surface area contributed by atoms with Gasteiger partial charge in [-0.2, -0.15) is 0 Å². The van der Waals surface area contributed by atoms with Crippen molar-refractivity contribution in [1.29, 1.82) is 0 Å². The summed E-state index contributed by atoms with van der Waals surface area (Å²) in [5, 5.41) is 0. The summed E-state index contributed by atoms with van der Waals surface area (Å²) in [6, 6.07) is 0.693. The van der Waals surface area contributed by atoms with Gasteiger partial charge in [0.1, 0.15) is 0 Å². The van der Waals surface area contributed by atoms with Gasteiger partial charge in [0.15, 0.2) is 0 Å². The zero-order valence-electron chi connectivity index (χ0n) is 10.1. The molecule has 1 fully saturated rings. The van der Waals surface area contributed by atoms with Gasteiger partial charge >= 0.3 is 0 Å². The molecule has 0 aromatic carbocycles. The van der Waals surface area contributed by atoms with Gasteiger partial charge in [0.05, 0.1) is 0 Å². The van der Waals surface area contributed by atoms with Gasteiger partial charge in [-0.15, -0.1) is 0 Å². The highest BCUT2D eigenvalue weighted by Gasteiger charge is 2.40. The fraction of sp³-hybridized carbons (Fsp3) is 1.00. The summed E-state index contributed by atoms with van der Waals surface area (Å²) in [5.41, 5.74) is 0.420. The first kappa shape index (κ1) is 11.0. The zero-order chi connectivity index (χ0) is 10.2. The predicted molar refractivity (Wildman–Crippen MR) is 58.9 cm³/mol. The van der Waals surface area contributed by atoms with Gasteiger partial charge in [0.2, 0.25) is 0 Å². The lowest BCUT2D eigenvalue weighted by atomic mass is 9.89. The van der Waals surface area contributed by atoms with Crippen molar-refractivity contribution < 1.29 is 0 Å². The molecule has 1 aliphatic rings. The monoisotopic (exact) mass is 183 g/mol. The van der Waals surface area contributed by atoms with Gasteiger partial charge in [0, 0.05) is 18.1 Å². The Labute approximate surface area is 83.5 Å². The molecular weight excluding hydrogens is 158 g/mol. The molecule has 0 aliphatic carbocycles. The Morgan fingerprint density at radius 2 is 1.69 bits per heavy atom. The molecular formula is C12H25N. The van der Waals surface area contributed by atoms with Gasteiger partial charge < -0.3 is 0 Å². The first-order valence-electron chi connectivity index (χ1n) is 5.61. The van der Waals surface area contributed by atoms with E-state index >= 15 is 0 Å². The van der Waals surface area contributed by atoms with E-state index < -0.39 is 0 Å². The Kier molecular flexibility index (Phi) is 3.06. The van der Waals surface area contributed by atoms with Crippen LogP contribution in [0.15, 0.2) is 0 Å². The molecule has 1 nitrogen and oxygen atoms in total. The van der Waals surface area contributed by atoms with Crippen molar-refractivity contribution in [2.24, 2.45) is 11.8 Å². The molecule has 0 bridgehead atoms. The Hall–Kier alpha value is -0.0400. The molecule has 1 atom stereocenters. The molecule has 1 aliphatic heterocycles. The minimum atomic E-state index is 0.420. The van der Waals surface area contributed by atoms with E-state index in [1.165, 1.54) is 13.0 Å². The summed E-state index contributed by atoms with van der Waals surface area (Å²) >= 11 is 0. The maximum absolute atomic E-state index is 2.65. The number of likely N-dealkylation sites (tertiary alicyclic amines) is 1. The van der Waals surface area contributed by atoms with Crippen molar-refractivity contribution in [3.63, 3.8) is 0 Å². The van der Waals surface area contributed by atoms with Crippen molar-refractivity contribution in [1.82, 2.24) is 4.90 Å². The van der Waals surface area contributed by atoms with Crippen LogP contribution < -0.4 is 0 Å². The fourth-order valence-electron chi connectivity index (χ4n) is 2.68. The van der Waals surface area contributed by atoms with E-state index in [9.17, 15) is 0 Å². The Morgan fingerprint density at radius 1 is 1.15 bits per heavy atom. The highest BCUT2D eigenvalue weighted by atomic mass is 15.2. The van der Waals surface area contributed by atoms with Gasteiger partial charge in [-0.1, -0.05) is 13.8 Å². The van der Waals surface area contributed by atoms with Gasteiger partial charge in [-0.3, -0.25) is 4.90 Å². The lowest BCUT2D eigenvalue weighted by Crippen LogP contribution is -2.42. The summed E-state index contributed by atoms with van der Waals surface area (Å²) in [7, 11) is 0. The zero-order valence-corrected chi connectivity index (χ0v) is 10.1. The third-order valence-electron chi connectivity index (χ3n) is 3.54. The highest BCUT2D eigenvalue weighted by molar-refractivity contribution is 4.94. The molecule has 1 rings (SSSR count). The summed E-state index contributed by atoms with van der Waals surface area (Å²) in [6.07, 6.45) is 1.36. The molecule has 1 saturated heterocycles. The molecule has 78 valence electrons. The first-order chi connectivity index (χ1) is 5.84. The molecule has 0 aromatic heterocycles. The van der Waals surface area contributed by atoms with E-state index in [1.807, 2.05) is 0 Å². The Morgan fingerprint density at radius 3 is 1.92 bits per heavy atom. The van der Waals surface area contributed by atoms with Crippen molar-refractivity contribution in [3.05, 3.63) is 0 Å². The maximum atomic E-state index is 2.65. The highest BCUT2D eigenvalue weighted by Crippen LogP contribution is 2.37. The summed E-state index contributed by atoms with van der Waals surface area (Å²) in [6.45, 7) is 15.4. The third kappa shape index (κ3) is 2.25. The molecule has 0 spiro atoms. The van der Waals surface area contributed by atoms with Crippen molar-refractivity contribution in [2.45, 2.75) is 59.5 Å². The molecule has 0 saturated carbocycles. The molecule has 1 unspecified atom stereocenters. The minimum absolute atomic E-state index is 0.420. The minimum Gasteiger partial charge on any atom is -0.296 e. The smallest absolute Gasteiger partial charge is 0.0159 e. The largest absolute Gasteiger partial charge is 0.296 e. The Bertz CT molecular complexity index is 170. The molecule has 0 radical (unpaired) electrons. The van der Waals surface area contributed by atoms with Crippen LogP contribution >= 0.6 is 0 Å². The summed E-state index contributed by atoms with van der Waals surface area (Å²) in [5.74, 6) is 1.74. The summed E-state index contributed by atoms with van der Waals surface area (Å²) in [4.78, 5) is 2.65. The number of rotatable bonds is 2. The van der Waals surface area contributed by atoms with Crippen molar-refractivity contribution >= 4 is 0 Å². The number of hydrogen-bond donors (Lipinski definition) is 0. The van der Waals surface area contributed by atoms with E-state index in [-0.39, 0.29) is 0 Å². The lowest BCUT2D eigenvalue weighted by molar-refractivity contribution is 0.133. The van der Waals surface area contributed by atoms with Crippen LogP contribution in [0.2, 0.25) is 0 Å². The van der Waals surface area contributed by atoms with Crippen molar-refractivity contribution in [2.75, 3.05) is 6.54 Å². The first-order valence-corrected chi connectivity index (χ1v) is 5.61. The fourth-order valence-corrected chi connectivity index (χ4v) is 2.68. The SMILES string of the molecule is CC(C)C1CN(C(C)C)C(C)(C)C1. The van der Waals surface area contributed by atoms with Crippen LogP contribution in [0.3, 0.4) is 0 Å². The molecule has 0 amide bonds. The second-order valence-corrected chi connectivity index (χ2v) is 5.77. The Balaban J connectivity index is 2.68. The van der Waals surface area contributed by atoms with E-state index in [2.05, 4.69) is 46.4 Å². The maximum Gasteiger partial charge on any atom is 0.0159 e. The normalized spacial score (nSPS) is 29.1. The molecule has 1 heterocycles. The average molecular weight is 183 g/mol. The quantitative estimate of drug-likeness (QED) is 0.635. The van der Waals surface area contributed by atoms with E-state index in [0.29, 0.717) is 11.6 Å². The van der Waals surface area contributed by atoms with Gasteiger partial charge in [-0.25, -0.2) is 0 Å². The summed E-state index contributed by atoms with van der Waals surface area (Å²) < 4.78 is 0. The number of hydrogen-bond acceptors (Lipinski definition) is 1. The van der Waals surface area contributed by atoms with Gasteiger partial charge in [-0.05, 0) is 46.0 Å². The van der Waals surface area contributed by atoms with Crippen LogP contribution in [0.1, 0.15) is 48.0 Å².